The van der Waals surface area contributed by atoms with Crippen molar-refractivity contribution < 1.29 is 4.79 Å². The van der Waals surface area contributed by atoms with Gasteiger partial charge < -0.3 is 10.3 Å². The SMILES string of the molecule is Cn1cnc(CC(N)=O)c1. The number of aryl methyl sites for hydroxylation is 1. The number of primary amides is 1. The standard InChI is InChI=1S/C6H9N3O/c1-9-3-5(8-4-9)2-6(7)10/h3-4H,2H2,1H3,(H2,7,10). The minimum absolute atomic E-state index is 0.223. The Morgan fingerprint density at radius 1 is 1.90 bits per heavy atom. The van der Waals surface area contributed by atoms with Gasteiger partial charge in [-0.05, 0) is 0 Å². The maximum Gasteiger partial charge on any atom is 0.223 e. The van der Waals surface area contributed by atoms with E-state index in [2.05, 4.69) is 4.98 Å². The van der Waals surface area contributed by atoms with Gasteiger partial charge in [0.05, 0.1) is 18.4 Å². The summed E-state index contributed by atoms with van der Waals surface area (Å²) >= 11 is 0. The van der Waals surface area contributed by atoms with E-state index in [0.717, 1.165) is 5.69 Å². The second-order valence-electron chi connectivity index (χ2n) is 2.17. The van der Waals surface area contributed by atoms with Crippen molar-refractivity contribution in [3.05, 3.63) is 18.2 Å². The van der Waals surface area contributed by atoms with Crippen LogP contribution in [-0.2, 0) is 18.3 Å². The fourth-order valence-corrected chi connectivity index (χ4v) is 0.737. The molecule has 54 valence electrons. The molecule has 4 nitrogen and oxygen atoms in total. The fraction of sp³-hybridized carbons (Fsp3) is 0.333. The Labute approximate surface area is 58.7 Å². The van der Waals surface area contributed by atoms with Gasteiger partial charge in [-0.1, -0.05) is 0 Å². The van der Waals surface area contributed by atoms with Gasteiger partial charge in [0.15, 0.2) is 0 Å². The number of aromatic nitrogens is 2. The first-order chi connectivity index (χ1) is 4.68. The predicted octanol–water partition coefficient (Wildman–Crippen LogP) is -0.552. The summed E-state index contributed by atoms with van der Waals surface area (Å²) in [4.78, 5) is 14.3. The van der Waals surface area contributed by atoms with Crippen molar-refractivity contribution in [2.24, 2.45) is 12.8 Å². The van der Waals surface area contributed by atoms with Crippen LogP contribution in [0.25, 0.3) is 0 Å². The lowest BCUT2D eigenvalue weighted by atomic mass is 10.3. The summed E-state index contributed by atoms with van der Waals surface area (Å²) in [5.74, 6) is -0.348. The van der Waals surface area contributed by atoms with E-state index in [0.29, 0.717) is 0 Å². The van der Waals surface area contributed by atoms with Gasteiger partial charge in [-0.15, -0.1) is 0 Å². The molecule has 0 spiro atoms. The lowest BCUT2D eigenvalue weighted by Crippen LogP contribution is -2.13. The third-order valence-electron chi connectivity index (χ3n) is 1.11. The lowest BCUT2D eigenvalue weighted by Gasteiger charge is -1.86. The van der Waals surface area contributed by atoms with Crippen molar-refractivity contribution in [2.45, 2.75) is 6.42 Å². The first-order valence-electron chi connectivity index (χ1n) is 2.93. The van der Waals surface area contributed by atoms with Crippen LogP contribution < -0.4 is 5.73 Å². The normalized spacial score (nSPS) is 9.70. The van der Waals surface area contributed by atoms with Gasteiger partial charge in [0.1, 0.15) is 0 Å². The Kier molecular flexibility index (Phi) is 1.71. The van der Waals surface area contributed by atoms with Gasteiger partial charge >= 0.3 is 0 Å². The van der Waals surface area contributed by atoms with Gasteiger partial charge in [-0.3, -0.25) is 4.79 Å². The lowest BCUT2D eigenvalue weighted by molar-refractivity contribution is -0.117. The molecule has 0 fully saturated rings. The fourth-order valence-electron chi connectivity index (χ4n) is 0.737. The molecular formula is C6H9N3O. The summed E-state index contributed by atoms with van der Waals surface area (Å²) in [6.07, 6.45) is 3.63. The van der Waals surface area contributed by atoms with Crippen molar-refractivity contribution in [3.63, 3.8) is 0 Å². The van der Waals surface area contributed by atoms with Gasteiger partial charge in [0.2, 0.25) is 5.91 Å². The van der Waals surface area contributed by atoms with Gasteiger partial charge in [-0.2, -0.15) is 0 Å². The zero-order chi connectivity index (χ0) is 7.56. The molecule has 1 aromatic rings. The van der Waals surface area contributed by atoms with E-state index in [-0.39, 0.29) is 12.3 Å². The molecule has 0 aliphatic rings. The van der Waals surface area contributed by atoms with E-state index in [1.165, 1.54) is 0 Å². The highest BCUT2D eigenvalue weighted by molar-refractivity contribution is 5.75. The Morgan fingerprint density at radius 2 is 2.60 bits per heavy atom. The predicted molar refractivity (Wildman–Crippen MR) is 36.1 cm³/mol. The zero-order valence-electron chi connectivity index (χ0n) is 5.74. The van der Waals surface area contributed by atoms with Crippen molar-refractivity contribution in [3.8, 4) is 0 Å². The highest BCUT2D eigenvalue weighted by Gasteiger charge is 1.99. The molecule has 2 N–H and O–H groups in total. The number of hydrogen-bond donors (Lipinski definition) is 1. The monoisotopic (exact) mass is 139 g/mol. The molecule has 0 saturated heterocycles. The molecule has 0 radical (unpaired) electrons. The van der Waals surface area contributed by atoms with E-state index in [4.69, 9.17) is 5.73 Å². The largest absolute Gasteiger partial charge is 0.369 e. The van der Waals surface area contributed by atoms with Crippen LogP contribution in [0.1, 0.15) is 5.69 Å². The summed E-state index contributed by atoms with van der Waals surface area (Å²) in [6.45, 7) is 0. The van der Waals surface area contributed by atoms with Crippen molar-refractivity contribution >= 4 is 5.91 Å². The van der Waals surface area contributed by atoms with Crippen LogP contribution in [0.4, 0.5) is 0 Å². The molecule has 0 unspecified atom stereocenters. The maximum absolute atomic E-state index is 10.4. The van der Waals surface area contributed by atoms with E-state index in [9.17, 15) is 4.79 Å². The molecule has 1 rings (SSSR count). The molecule has 0 bridgehead atoms. The molecule has 0 atom stereocenters. The first kappa shape index (κ1) is 6.80. The van der Waals surface area contributed by atoms with Crippen molar-refractivity contribution in [2.75, 3.05) is 0 Å². The highest BCUT2D eigenvalue weighted by Crippen LogP contribution is 1.93. The summed E-state index contributed by atoms with van der Waals surface area (Å²) in [5, 5.41) is 0. The molecule has 0 aromatic carbocycles. The summed E-state index contributed by atoms with van der Waals surface area (Å²) < 4.78 is 1.78. The Bertz CT molecular complexity index is 241. The second-order valence-corrected chi connectivity index (χ2v) is 2.17. The summed E-state index contributed by atoms with van der Waals surface area (Å²) in [5.41, 5.74) is 5.66. The van der Waals surface area contributed by atoms with Crippen LogP contribution >= 0.6 is 0 Å². The van der Waals surface area contributed by atoms with Crippen LogP contribution in [-0.4, -0.2) is 15.5 Å². The second kappa shape index (κ2) is 2.51. The average Bonchev–Trinajstić information content (AvgIpc) is 2.13. The van der Waals surface area contributed by atoms with E-state index in [1.54, 1.807) is 17.1 Å². The minimum Gasteiger partial charge on any atom is -0.369 e. The minimum atomic E-state index is -0.348. The molecule has 0 aliphatic heterocycles. The number of rotatable bonds is 2. The Morgan fingerprint density at radius 3 is 3.00 bits per heavy atom. The number of carbonyl (C=O) groups excluding carboxylic acids is 1. The number of carbonyl (C=O) groups is 1. The molecule has 0 aliphatic carbocycles. The maximum atomic E-state index is 10.4. The molecule has 0 saturated carbocycles. The number of hydrogen-bond acceptors (Lipinski definition) is 2. The van der Waals surface area contributed by atoms with Gasteiger partial charge in [0, 0.05) is 13.2 Å². The highest BCUT2D eigenvalue weighted by atomic mass is 16.1. The van der Waals surface area contributed by atoms with E-state index >= 15 is 0 Å². The van der Waals surface area contributed by atoms with Crippen molar-refractivity contribution in [1.29, 1.82) is 0 Å². The average molecular weight is 139 g/mol. The third-order valence-corrected chi connectivity index (χ3v) is 1.11. The van der Waals surface area contributed by atoms with E-state index in [1.807, 2.05) is 7.05 Å². The third kappa shape index (κ3) is 1.58. The molecule has 1 aromatic heterocycles. The van der Waals surface area contributed by atoms with Crippen LogP contribution in [0.5, 0.6) is 0 Å². The molecule has 1 amide bonds. The zero-order valence-corrected chi connectivity index (χ0v) is 5.74. The Balaban J connectivity index is 2.67. The Hall–Kier alpha value is -1.32. The number of amides is 1. The molecule has 1 heterocycles. The summed E-state index contributed by atoms with van der Waals surface area (Å²) in [6, 6.07) is 0. The number of imidazole rings is 1. The topological polar surface area (TPSA) is 60.9 Å². The number of nitrogens with two attached hydrogens (primary N) is 1. The van der Waals surface area contributed by atoms with Gasteiger partial charge in [0.25, 0.3) is 0 Å². The van der Waals surface area contributed by atoms with E-state index < -0.39 is 0 Å². The van der Waals surface area contributed by atoms with Crippen LogP contribution in [0.15, 0.2) is 12.5 Å². The molecular weight excluding hydrogens is 130 g/mol. The van der Waals surface area contributed by atoms with Crippen LogP contribution in [0, 0.1) is 0 Å². The van der Waals surface area contributed by atoms with Crippen LogP contribution in [0.2, 0.25) is 0 Å². The summed E-state index contributed by atoms with van der Waals surface area (Å²) in [7, 11) is 1.84. The number of nitrogens with zero attached hydrogens (tertiary/aromatic N) is 2. The van der Waals surface area contributed by atoms with Crippen LogP contribution in [0.3, 0.4) is 0 Å². The smallest absolute Gasteiger partial charge is 0.223 e. The van der Waals surface area contributed by atoms with Gasteiger partial charge in [-0.25, -0.2) is 4.98 Å². The molecule has 4 heteroatoms. The first-order valence-corrected chi connectivity index (χ1v) is 2.93. The molecule has 10 heavy (non-hydrogen) atoms. The quantitative estimate of drug-likeness (QED) is 0.597. The van der Waals surface area contributed by atoms with Crippen molar-refractivity contribution in [1.82, 2.24) is 9.55 Å².